The molecule has 38 heavy (non-hydrogen) atoms. The molecule has 0 amide bonds. The van der Waals surface area contributed by atoms with Crippen LogP contribution in [-0.2, 0) is 16.4 Å². The molecule has 5 heteroatoms. The van der Waals surface area contributed by atoms with Crippen molar-refractivity contribution in [2.45, 2.75) is 115 Å². The molecule has 2 aromatic carbocycles. The molecule has 4 nitrogen and oxygen atoms in total. The fourth-order valence-electron chi connectivity index (χ4n) is 5.50. The number of methoxy groups -OCH3 is 2. The predicted octanol–water partition coefficient (Wildman–Crippen LogP) is 8.76. The Morgan fingerprint density at radius 3 is 1.95 bits per heavy atom. The number of hydrogen-bond acceptors (Lipinski definition) is 4. The van der Waals surface area contributed by atoms with Crippen molar-refractivity contribution in [2.75, 3.05) is 20.8 Å². The first kappa shape index (κ1) is 30.7. The van der Waals surface area contributed by atoms with Gasteiger partial charge >= 0.3 is 0 Å². The number of hydrogen-bond donors (Lipinski definition) is 1. The molecule has 1 aliphatic rings. The maximum Gasteiger partial charge on any atom is 0.191 e. The van der Waals surface area contributed by atoms with Gasteiger partial charge in [-0.1, -0.05) is 83.9 Å². The van der Waals surface area contributed by atoms with Crippen LogP contribution in [0.4, 0.5) is 0 Å². The van der Waals surface area contributed by atoms with Gasteiger partial charge in [-0.15, -0.1) is 0 Å². The molecule has 0 spiro atoms. The van der Waals surface area contributed by atoms with Crippen LogP contribution in [0.25, 0.3) is 0 Å². The molecule has 1 aliphatic carbocycles. The van der Waals surface area contributed by atoms with E-state index in [9.17, 15) is 5.11 Å². The topological polar surface area (TPSA) is 47.9 Å². The van der Waals surface area contributed by atoms with Crippen LogP contribution in [0.2, 0.25) is 18.1 Å². The van der Waals surface area contributed by atoms with Crippen molar-refractivity contribution in [1.82, 2.24) is 0 Å². The lowest BCUT2D eigenvalue weighted by atomic mass is 9.79. The third-order valence-corrected chi connectivity index (χ3v) is 13.6. The number of fused-ring (bicyclic) bond motifs is 1. The normalized spacial score (nSPS) is 19.4. The lowest BCUT2D eigenvalue weighted by Gasteiger charge is -2.36. The van der Waals surface area contributed by atoms with Crippen LogP contribution in [0, 0.1) is 0 Å². The van der Waals surface area contributed by atoms with E-state index in [-0.39, 0.29) is 5.92 Å². The smallest absolute Gasteiger partial charge is 0.191 e. The zero-order valence-corrected chi connectivity index (χ0v) is 26.1. The molecule has 0 aliphatic heterocycles. The third-order valence-electron chi connectivity index (χ3n) is 9.02. The van der Waals surface area contributed by atoms with Gasteiger partial charge in [0.2, 0.25) is 0 Å². The van der Waals surface area contributed by atoms with Gasteiger partial charge in [-0.2, -0.15) is 0 Å². The maximum atomic E-state index is 12.1. The highest BCUT2D eigenvalue weighted by molar-refractivity contribution is 6.74. The van der Waals surface area contributed by atoms with E-state index < -0.39 is 13.9 Å². The van der Waals surface area contributed by atoms with Crippen LogP contribution in [0.15, 0.2) is 42.5 Å². The van der Waals surface area contributed by atoms with Gasteiger partial charge < -0.3 is 19.0 Å². The summed E-state index contributed by atoms with van der Waals surface area (Å²) in [4.78, 5) is 0. The maximum absolute atomic E-state index is 12.1. The van der Waals surface area contributed by atoms with Gasteiger partial charge in [-0.25, -0.2) is 0 Å². The molecule has 2 unspecified atom stereocenters. The fourth-order valence-corrected chi connectivity index (χ4v) is 6.59. The fraction of sp³-hybridized carbons (Fsp3) is 0.636. The molecule has 0 fully saturated rings. The van der Waals surface area contributed by atoms with E-state index >= 15 is 0 Å². The average molecular weight is 541 g/mol. The van der Waals surface area contributed by atoms with Gasteiger partial charge in [-0.3, -0.25) is 0 Å². The summed E-state index contributed by atoms with van der Waals surface area (Å²) in [6.07, 6.45) is 11.3. The molecule has 2 aromatic rings. The van der Waals surface area contributed by atoms with E-state index in [1.165, 1.54) is 49.7 Å². The van der Waals surface area contributed by atoms with Crippen LogP contribution in [0.1, 0.15) is 101 Å². The van der Waals surface area contributed by atoms with Gasteiger partial charge in [0.15, 0.2) is 8.32 Å². The highest BCUT2D eigenvalue weighted by Crippen LogP contribution is 2.51. The monoisotopic (exact) mass is 540 g/mol. The van der Waals surface area contributed by atoms with Crippen molar-refractivity contribution in [3.8, 4) is 11.5 Å². The summed E-state index contributed by atoms with van der Waals surface area (Å²) in [6.45, 7) is 12.5. The molecular weight excluding hydrogens is 488 g/mol. The Bertz CT molecular complexity index is 995. The number of aliphatic hydroxyl groups is 1. The molecule has 0 saturated carbocycles. The molecule has 1 N–H and O–H groups in total. The summed E-state index contributed by atoms with van der Waals surface area (Å²) >= 11 is 0. The van der Waals surface area contributed by atoms with E-state index in [2.05, 4.69) is 58.1 Å². The summed E-state index contributed by atoms with van der Waals surface area (Å²) < 4.78 is 17.1. The number of unbranched alkanes of at least 4 members (excludes halogenated alkanes) is 7. The van der Waals surface area contributed by atoms with Crippen molar-refractivity contribution in [1.29, 1.82) is 0 Å². The van der Waals surface area contributed by atoms with Crippen molar-refractivity contribution in [3.05, 3.63) is 59.2 Å². The number of ether oxygens (including phenoxy) is 2. The SMILES string of the molecule is COc1ccc(C2Cc3cc(OC)ccc3C2(O)CCCCCCCCCCO[Si](C)(C)C(C)(C)C)cc1. The molecule has 0 heterocycles. The van der Waals surface area contributed by atoms with Gasteiger partial charge in [0.25, 0.3) is 0 Å². The summed E-state index contributed by atoms with van der Waals surface area (Å²) in [5, 5.41) is 12.4. The molecule has 0 bridgehead atoms. The Kier molecular flexibility index (Phi) is 10.9. The van der Waals surface area contributed by atoms with Crippen LogP contribution >= 0.6 is 0 Å². The zero-order valence-electron chi connectivity index (χ0n) is 25.1. The van der Waals surface area contributed by atoms with Crippen molar-refractivity contribution >= 4 is 8.32 Å². The van der Waals surface area contributed by atoms with Crippen molar-refractivity contribution < 1.29 is 19.0 Å². The average Bonchev–Trinajstić information content (AvgIpc) is 3.18. The Morgan fingerprint density at radius 1 is 0.816 bits per heavy atom. The first-order valence-corrected chi connectivity index (χ1v) is 17.6. The van der Waals surface area contributed by atoms with E-state index in [0.717, 1.165) is 49.4 Å². The Hall–Kier alpha value is -1.82. The standard InChI is InChI=1S/C33H52O4Si/c1-32(2,3)38(6,7)37-23-15-13-11-9-8-10-12-14-22-33(34)30-21-20-29(36-5)24-27(30)25-31(33)26-16-18-28(35-4)19-17-26/h16-21,24,31,34H,8-15,22-23,25H2,1-7H3. The van der Waals surface area contributed by atoms with E-state index in [1.807, 2.05) is 18.2 Å². The third kappa shape index (κ3) is 7.64. The molecule has 2 atom stereocenters. The molecule has 3 rings (SSSR count). The molecule has 0 saturated heterocycles. The first-order valence-electron chi connectivity index (χ1n) is 14.7. The summed E-state index contributed by atoms with van der Waals surface area (Å²) in [6, 6.07) is 14.4. The molecule has 0 radical (unpaired) electrons. The second-order valence-corrected chi connectivity index (χ2v) is 17.5. The molecular formula is C33H52O4Si. The van der Waals surface area contributed by atoms with Crippen LogP contribution in [0.3, 0.4) is 0 Å². The van der Waals surface area contributed by atoms with Gasteiger partial charge in [-0.05, 0) is 78.4 Å². The highest BCUT2D eigenvalue weighted by atomic mass is 28.4. The predicted molar refractivity (Wildman–Crippen MR) is 161 cm³/mol. The van der Waals surface area contributed by atoms with E-state index in [1.54, 1.807) is 14.2 Å². The number of rotatable bonds is 15. The van der Waals surface area contributed by atoms with E-state index in [4.69, 9.17) is 13.9 Å². The van der Waals surface area contributed by atoms with Crippen molar-refractivity contribution in [3.63, 3.8) is 0 Å². The van der Waals surface area contributed by atoms with Gasteiger partial charge in [0.05, 0.1) is 19.8 Å². The van der Waals surface area contributed by atoms with E-state index in [0.29, 0.717) is 5.04 Å². The highest BCUT2D eigenvalue weighted by Gasteiger charge is 2.45. The lowest BCUT2D eigenvalue weighted by Crippen LogP contribution is -2.40. The zero-order chi connectivity index (χ0) is 27.8. The van der Waals surface area contributed by atoms with Crippen LogP contribution in [-0.4, -0.2) is 34.3 Å². The summed E-state index contributed by atoms with van der Waals surface area (Å²) in [5.41, 5.74) is 2.59. The Labute approximate surface area is 233 Å². The van der Waals surface area contributed by atoms with Crippen LogP contribution < -0.4 is 9.47 Å². The minimum atomic E-state index is -1.60. The van der Waals surface area contributed by atoms with Crippen molar-refractivity contribution in [2.24, 2.45) is 0 Å². The Balaban J connectivity index is 1.44. The second-order valence-electron chi connectivity index (χ2n) is 12.7. The second kappa shape index (κ2) is 13.5. The minimum Gasteiger partial charge on any atom is -0.497 e. The summed E-state index contributed by atoms with van der Waals surface area (Å²) in [5.74, 6) is 1.75. The number of benzene rings is 2. The molecule has 212 valence electrons. The largest absolute Gasteiger partial charge is 0.497 e. The lowest BCUT2D eigenvalue weighted by molar-refractivity contribution is 0.00732. The molecule has 0 aromatic heterocycles. The first-order chi connectivity index (χ1) is 18.0. The van der Waals surface area contributed by atoms with Crippen LogP contribution in [0.5, 0.6) is 11.5 Å². The minimum absolute atomic E-state index is 0.0454. The van der Waals surface area contributed by atoms with Gasteiger partial charge in [0, 0.05) is 12.5 Å². The Morgan fingerprint density at radius 2 is 1.37 bits per heavy atom. The summed E-state index contributed by atoms with van der Waals surface area (Å²) in [7, 11) is 1.79. The van der Waals surface area contributed by atoms with Gasteiger partial charge in [0.1, 0.15) is 11.5 Å². The quantitative estimate of drug-likeness (QED) is 0.181.